The smallest absolute Gasteiger partial charge is 0.358 e. The zero-order chi connectivity index (χ0) is 14.8. The third kappa shape index (κ3) is 2.84. The highest BCUT2D eigenvalue weighted by molar-refractivity contribution is 5.96. The first-order chi connectivity index (χ1) is 10.1. The number of hydrogen-bond acceptors (Lipinski definition) is 4. The van der Waals surface area contributed by atoms with Crippen LogP contribution in [0, 0.1) is 10.1 Å². The molecule has 0 radical (unpaired) electrons. The first-order valence-corrected chi connectivity index (χ1v) is 6.94. The van der Waals surface area contributed by atoms with Gasteiger partial charge in [-0.2, -0.15) is 0 Å². The van der Waals surface area contributed by atoms with Crippen molar-refractivity contribution in [2.45, 2.75) is 32.2 Å². The van der Waals surface area contributed by atoms with Gasteiger partial charge in [0.15, 0.2) is 5.78 Å². The summed E-state index contributed by atoms with van der Waals surface area (Å²) in [7, 11) is 0. The van der Waals surface area contributed by atoms with E-state index in [0.29, 0.717) is 5.56 Å². The second kappa shape index (κ2) is 5.47. The van der Waals surface area contributed by atoms with E-state index in [0.717, 1.165) is 12.8 Å². The van der Waals surface area contributed by atoms with Gasteiger partial charge < -0.3 is 14.7 Å². The first kappa shape index (κ1) is 13.5. The number of ketones is 1. The van der Waals surface area contributed by atoms with E-state index < -0.39 is 4.92 Å². The van der Waals surface area contributed by atoms with E-state index in [2.05, 4.69) is 4.98 Å². The third-order valence-electron chi connectivity index (χ3n) is 3.80. The van der Waals surface area contributed by atoms with Crippen molar-refractivity contribution < 1.29 is 9.72 Å². The highest BCUT2D eigenvalue weighted by Crippen LogP contribution is 2.22. The van der Waals surface area contributed by atoms with Gasteiger partial charge in [-0.1, -0.05) is 12.1 Å². The molecule has 0 aliphatic heterocycles. The first-order valence-electron chi connectivity index (χ1n) is 6.94. The molecule has 0 amide bonds. The predicted molar refractivity (Wildman–Crippen MR) is 76.3 cm³/mol. The Labute approximate surface area is 121 Å². The molecule has 1 aromatic carbocycles. The van der Waals surface area contributed by atoms with E-state index >= 15 is 0 Å². The average molecular weight is 285 g/mol. The van der Waals surface area contributed by atoms with Crippen LogP contribution in [0.25, 0.3) is 0 Å². The van der Waals surface area contributed by atoms with Crippen LogP contribution in [0.5, 0.6) is 0 Å². The van der Waals surface area contributed by atoms with Gasteiger partial charge in [-0.25, -0.2) is 0 Å². The monoisotopic (exact) mass is 285 g/mol. The summed E-state index contributed by atoms with van der Waals surface area (Å²) in [6.07, 6.45) is 7.06. The average Bonchev–Trinajstić information content (AvgIpc) is 2.95. The molecule has 0 fully saturated rings. The molecule has 0 spiro atoms. The maximum atomic E-state index is 12.3. The van der Waals surface area contributed by atoms with Gasteiger partial charge in [0.25, 0.3) is 0 Å². The predicted octanol–water partition coefficient (Wildman–Crippen LogP) is 2.55. The molecule has 6 nitrogen and oxygen atoms in total. The molecule has 0 saturated heterocycles. The molecule has 0 N–H and O–H groups in total. The van der Waals surface area contributed by atoms with Crippen LogP contribution in [0.3, 0.4) is 0 Å². The number of nitrogens with zero attached hydrogens (tertiary/aromatic N) is 3. The Morgan fingerprint density at radius 2 is 2.05 bits per heavy atom. The summed E-state index contributed by atoms with van der Waals surface area (Å²) in [5, 5.41) is 10.6. The van der Waals surface area contributed by atoms with Crippen molar-refractivity contribution in [3.05, 3.63) is 57.5 Å². The van der Waals surface area contributed by atoms with Crippen molar-refractivity contribution >= 4 is 11.6 Å². The molecule has 21 heavy (non-hydrogen) atoms. The van der Waals surface area contributed by atoms with Crippen LogP contribution in [-0.2, 0) is 19.4 Å². The fraction of sp³-hybridized carbons (Fsp3) is 0.333. The van der Waals surface area contributed by atoms with E-state index in [9.17, 15) is 14.9 Å². The molecule has 1 aliphatic rings. The van der Waals surface area contributed by atoms with Gasteiger partial charge in [0.2, 0.25) is 6.33 Å². The summed E-state index contributed by atoms with van der Waals surface area (Å²) in [5.74, 6) is -0.302. The molecule has 1 aliphatic carbocycles. The molecule has 0 unspecified atom stereocenters. The van der Waals surface area contributed by atoms with Crippen LogP contribution in [0.2, 0.25) is 0 Å². The number of rotatable bonds is 4. The molecule has 0 saturated carbocycles. The van der Waals surface area contributed by atoms with Gasteiger partial charge in [-0.15, -0.1) is 0 Å². The van der Waals surface area contributed by atoms with Crippen LogP contribution < -0.4 is 0 Å². The Bertz CT molecular complexity index is 706. The topological polar surface area (TPSA) is 78.0 Å². The zero-order valence-electron chi connectivity index (χ0n) is 11.5. The number of hydrogen-bond donors (Lipinski definition) is 0. The Morgan fingerprint density at radius 3 is 2.76 bits per heavy atom. The number of nitro groups is 1. The van der Waals surface area contributed by atoms with Gasteiger partial charge >= 0.3 is 5.82 Å². The van der Waals surface area contributed by atoms with E-state index in [-0.39, 0.29) is 18.1 Å². The lowest BCUT2D eigenvalue weighted by Gasteiger charge is -2.16. The van der Waals surface area contributed by atoms with Crippen molar-refractivity contribution in [2.24, 2.45) is 0 Å². The Balaban J connectivity index is 1.77. The Kier molecular flexibility index (Phi) is 3.51. The summed E-state index contributed by atoms with van der Waals surface area (Å²) in [6.45, 7) is 0.0691. The summed E-state index contributed by atoms with van der Waals surface area (Å²) in [4.78, 5) is 25.9. The lowest BCUT2D eigenvalue weighted by atomic mass is 9.90. The summed E-state index contributed by atoms with van der Waals surface area (Å²) in [5.41, 5.74) is 3.24. The van der Waals surface area contributed by atoms with Crippen LogP contribution in [0.4, 0.5) is 5.82 Å². The molecule has 1 aromatic heterocycles. The highest BCUT2D eigenvalue weighted by atomic mass is 16.6. The van der Waals surface area contributed by atoms with Gasteiger partial charge in [0.05, 0.1) is 6.54 Å². The molecule has 108 valence electrons. The largest absolute Gasteiger partial charge is 0.381 e. The number of carbonyl (C=O) groups is 1. The van der Waals surface area contributed by atoms with Crippen molar-refractivity contribution in [3.63, 3.8) is 0 Å². The summed E-state index contributed by atoms with van der Waals surface area (Å²) >= 11 is 0. The van der Waals surface area contributed by atoms with Crippen molar-refractivity contribution in [1.29, 1.82) is 0 Å². The van der Waals surface area contributed by atoms with E-state index in [1.807, 2.05) is 18.2 Å². The minimum absolute atomic E-state index is 0.0596. The van der Waals surface area contributed by atoms with Gasteiger partial charge in [-0.3, -0.25) is 4.79 Å². The summed E-state index contributed by atoms with van der Waals surface area (Å²) in [6, 6.07) is 5.83. The van der Waals surface area contributed by atoms with Gasteiger partial charge in [0.1, 0.15) is 6.20 Å². The number of benzene rings is 1. The zero-order valence-corrected chi connectivity index (χ0v) is 11.5. The quantitative estimate of drug-likeness (QED) is 0.491. The molecule has 3 rings (SSSR count). The van der Waals surface area contributed by atoms with E-state index in [1.165, 1.54) is 41.1 Å². The maximum Gasteiger partial charge on any atom is 0.381 e. The van der Waals surface area contributed by atoms with Crippen LogP contribution >= 0.6 is 0 Å². The number of aryl methyl sites for hydroxylation is 2. The third-order valence-corrected chi connectivity index (χ3v) is 3.80. The molecular weight excluding hydrogens is 270 g/mol. The normalized spacial score (nSPS) is 13.7. The maximum absolute atomic E-state index is 12.3. The molecule has 6 heteroatoms. The molecule has 1 heterocycles. The number of imidazole rings is 1. The minimum Gasteiger partial charge on any atom is -0.358 e. The second-order valence-corrected chi connectivity index (χ2v) is 5.28. The van der Waals surface area contributed by atoms with E-state index in [4.69, 9.17) is 0 Å². The van der Waals surface area contributed by atoms with Crippen LogP contribution in [0.15, 0.2) is 30.7 Å². The van der Waals surface area contributed by atoms with Crippen molar-refractivity contribution in [1.82, 2.24) is 9.55 Å². The van der Waals surface area contributed by atoms with Crippen LogP contribution in [-0.4, -0.2) is 20.3 Å². The molecule has 2 aromatic rings. The molecular formula is C15H15N3O3. The van der Waals surface area contributed by atoms with Crippen molar-refractivity contribution in [2.75, 3.05) is 0 Å². The fourth-order valence-corrected chi connectivity index (χ4v) is 2.69. The number of Topliss-reactive ketones (excluding diaryl/α,β-unsaturated/α-hetero) is 1. The Hall–Kier alpha value is -2.50. The van der Waals surface area contributed by atoms with E-state index in [1.54, 1.807) is 0 Å². The highest BCUT2D eigenvalue weighted by Gasteiger charge is 2.15. The van der Waals surface area contributed by atoms with Gasteiger partial charge in [0, 0.05) is 5.56 Å². The number of fused-ring (bicyclic) bond motifs is 1. The molecule has 0 bridgehead atoms. The SMILES string of the molecule is O=C(Cn1cnc([N+](=O)[O-])c1)c1ccc2c(c1)CCCC2. The lowest BCUT2D eigenvalue weighted by Crippen LogP contribution is -2.11. The minimum atomic E-state index is -0.570. The summed E-state index contributed by atoms with van der Waals surface area (Å²) < 4.78 is 1.44. The Morgan fingerprint density at radius 1 is 1.29 bits per heavy atom. The lowest BCUT2D eigenvalue weighted by molar-refractivity contribution is -0.389. The second-order valence-electron chi connectivity index (χ2n) is 5.28. The van der Waals surface area contributed by atoms with Gasteiger partial charge in [-0.05, 0) is 52.8 Å². The fourth-order valence-electron chi connectivity index (χ4n) is 2.69. The molecule has 0 atom stereocenters. The standard InChI is InChI=1S/C15H15N3O3/c19-14(8-17-9-15(16-10-17)18(20)21)13-6-5-11-3-1-2-4-12(11)7-13/h5-7,9-10H,1-4,8H2. The van der Waals surface area contributed by atoms with Crippen LogP contribution in [0.1, 0.15) is 34.3 Å². The van der Waals surface area contributed by atoms with Crippen molar-refractivity contribution in [3.8, 4) is 0 Å². The number of carbonyl (C=O) groups excluding carboxylic acids is 1. The number of aromatic nitrogens is 2.